The predicted octanol–water partition coefficient (Wildman–Crippen LogP) is 2.23. The van der Waals surface area contributed by atoms with Gasteiger partial charge in [0.05, 0.1) is 17.1 Å². The van der Waals surface area contributed by atoms with Gasteiger partial charge in [-0.25, -0.2) is 0 Å². The maximum absolute atomic E-state index is 11.8. The quantitative estimate of drug-likeness (QED) is 0.883. The van der Waals surface area contributed by atoms with Crippen LogP contribution < -0.4 is 10.2 Å². The second-order valence-corrected chi connectivity index (χ2v) is 4.29. The fourth-order valence-corrected chi connectivity index (χ4v) is 2.14. The van der Waals surface area contributed by atoms with Crippen LogP contribution in [-0.2, 0) is 4.79 Å². The van der Waals surface area contributed by atoms with E-state index in [9.17, 15) is 4.79 Å². The van der Waals surface area contributed by atoms with Gasteiger partial charge in [-0.2, -0.15) is 11.8 Å². The molecule has 0 fully saturated rings. The number of anilines is 2. The number of nitrogens with one attached hydrogen (secondary N) is 1. The molecule has 88 valence electrons. The van der Waals surface area contributed by atoms with Crippen LogP contribution in [-0.4, -0.2) is 31.0 Å². The fourth-order valence-electron chi connectivity index (χ4n) is 1.74. The summed E-state index contributed by atoms with van der Waals surface area (Å²) in [5.41, 5.74) is 2.06. The first-order valence-electron chi connectivity index (χ1n) is 4.95. The number of benzene rings is 1. The lowest BCUT2D eigenvalue weighted by Gasteiger charge is -2.30. The Morgan fingerprint density at radius 1 is 1.50 bits per heavy atom. The highest BCUT2D eigenvalue weighted by Gasteiger charge is 2.20. The lowest BCUT2D eigenvalue weighted by molar-refractivity contribution is -0.116. The number of hydrogen-bond donors (Lipinski definition) is 1. The van der Waals surface area contributed by atoms with Crippen LogP contribution in [0.1, 0.15) is 0 Å². The van der Waals surface area contributed by atoms with Crippen molar-refractivity contribution in [2.75, 3.05) is 35.3 Å². The molecule has 1 amide bonds. The van der Waals surface area contributed by atoms with E-state index in [1.165, 1.54) is 0 Å². The van der Waals surface area contributed by atoms with Crippen molar-refractivity contribution >= 4 is 41.5 Å². The van der Waals surface area contributed by atoms with E-state index in [0.717, 1.165) is 24.5 Å². The second-order valence-electron chi connectivity index (χ2n) is 3.42. The number of nitrogens with zero attached hydrogens (tertiary/aromatic N) is 1. The number of carbonyl (C=O) groups excluding carboxylic acids is 1. The van der Waals surface area contributed by atoms with E-state index in [1.54, 1.807) is 11.8 Å². The first-order valence-corrected chi connectivity index (χ1v) is 6.34. The molecule has 0 saturated heterocycles. The van der Waals surface area contributed by atoms with Crippen LogP contribution in [0, 0.1) is 0 Å². The summed E-state index contributed by atoms with van der Waals surface area (Å²) < 4.78 is 0. The van der Waals surface area contributed by atoms with Gasteiger partial charge >= 0.3 is 0 Å². The van der Waals surface area contributed by atoms with Crippen LogP contribution in [0.4, 0.5) is 11.4 Å². The van der Waals surface area contributed by atoms with E-state index in [0.29, 0.717) is 5.75 Å². The molecule has 0 saturated carbocycles. The molecule has 3 nitrogen and oxygen atoms in total. The molecule has 0 aliphatic carbocycles. The van der Waals surface area contributed by atoms with E-state index in [-0.39, 0.29) is 18.3 Å². The summed E-state index contributed by atoms with van der Waals surface area (Å²) in [5, 5.41) is 3.29. The zero-order valence-corrected chi connectivity index (χ0v) is 10.7. The summed E-state index contributed by atoms with van der Waals surface area (Å²) in [5.74, 6) is 0.741. The summed E-state index contributed by atoms with van der Waals surface area (Å²) in [6.45, 7) is 1.59. The highest BCUT2D eigenvalue weighted by atomic mass is 35.5. The van der Waals surface area contributed by atoms with Crippen LogP contribution in [0.3, 0.4) is 0 Å². The Labute approximate surface area is 106 Å². The average molecular weight is 259 g/mol. The molecule has 1 aliphatic heterocycles. The molecule has 0 spiro atoms. The third-order valence-corrected chi connectivity index (χ3v) is 2.95. The van der Waals surface area contributed by atoms with Gasteiger partial charge < -0.3 is 10.2 Å². The van der Waals surface area contributed by atoms with Gasteiger partial charge in [-0.3, -0.25) is 4.79 Å². The summed E-state index contributed by atoms with van der Waals surface area (Å²) in [4.78, 5) is 13.7. The van der Waals surface area contributed by atoms with Crippen molar-refractivity contribution in [3.05, 3.63) is 24.3 Å². The van der Waals surface area contributed by atoms with Crippen molar-refractivity contribution in [1.29, 1.82) is 0 Å². The van der Waals surface area contributed by atoms with Crippen LogP contribution in [0.5, 0.6) is 0 Å². The Kier molecular flexibility index (Phi) is 4.96. The fraction of sp³-hybridized carbons (Fsp3) is 0.364. The topological polar surface area (TPSA) is 32.3 Å². The number of halogens is 1. The third kappa shape index (κ3) is 2.62. The van der Waals surface area contributed by atoms with Crippen LogP contribution in [0.15, 0.2) is 24.3 Å². The first kappa shape index (κ1) is 13.2. The Morgan fingerprint density at radius 3 is 3.00 bits per heavy atom. The van der Waals surface area contributed by atoms with E-state index in [1.807, 2.05) is 35.4 Å². The van der Waals surface area contributed by atoms with Gasteiger partial charge in [-0.05, 0) is 18.4 Å². The minimum absolute atomic E-state index is 0. The van der Waals surface area contributed by atoms with Gasteiger partial charge in [0.1, 0.15) is 0 Å². The normalized spacial score (nSPS) is 13.4. The molecule has 1 aromatic rings. The summed E-state index contributed by atoms with van der Waals surface area (Å²) in [6.07, 6.45) is 1.95. The number of para-hydroxylation sites is 2. The molecular formula is C11H15ClN2OS. The maximum atomic E-state index is 11.8. The lowest BCUT2D eigenvalue weighted by Crippen LogP contribution is -2.39. The lowest BCUT2D eigenvalue weighted by atomic mass is 10.2. The van der Waals surface area contributed by atoms with Gasteiger partial charge in [-0.1, -0.05) is 12.1 Å². The van der Waals surface area contributed by atoms with Gasteiger partial charge in [0.25, 0.3) is 0 Å². The molecule has 0 bridgehead atoms. The van der Waals surface area contributed by atoms with Crippen molar-refractivity contribution in [3.63, 3.8) is 0 Å². The van der Waals surface area contributed by atoms with Crippen molar-refractivity contribution < 1.29 is 4.79 Å². The van der Waals surface area contributed by atoms with Crippen LogP contribution in [0.2, 0.25) is 0 Å². The predicted molar refractivity (Wildman–Crippen MR) is 72.9 cm³/mol. The Morgan fingerprint density at radius 2 is 2.25 bits per heavy atom. The first-order chi connectivity index (χ1) is 7.33. The monoisotopic (exact) mass is 258 g/mol. The Balaban J connectivity index is 0.00000128. The Hall–Kier alpha value is -0.870. The standard InChI is InChI=1S/C11H14N2OS.ClH/c1-15-8-11(14)13-7-6-12-9-4-2-3-5-10(9)13;/h2-5,12H,6-8H2,1H3;1H. The minimum Gasteiger partial charge on any atom is -0.382 e. The smallest absolute Gasteiger partial charge is 0.237 e. The maximum Gasteiger partial charge on any atom is 0.237 e. The highest BCUT2D eigenvalue weighted by Crippen LogP contribution is 2.28. The summed E-state index contributed by atoms with van der Waals surface area (Å²) in [7, 11) is 0. The average Bonchev–Trinajstić information content (AvgIpc) is 2.28. The summed E-state index contributed by atoms with van der Waals surface area (Å²) >= 11 is 1.57. The van der Waals surface area contributed by atoms with Crippen molar-refractivity contribution in [2.24, 2.45) is 0 Å². The van der Waals surface area contributed by atoms with E-state index >= 15 is 0 Å². The molecule has 0 unspecified atom stereocenters. The largest absolute Gasteiger partial charge is 0.382 e. The molecule has 0 atom stereocenters. The number of thioether (sulfide) groups is 1. The molecule has 0 aromatic heterocycles. The van der Waals surface area contributed by atoms with Gasteiger partial charge in [-0.15, -0.1) is 12.4 Å². The Bertz CT molecular complexity index is 373. The SMILES string of the molecule is CSCC(=O)N1CCNc2ccccc21.Cl. The molecule has 1 aliphatic rings. The van der Waals surface area contributed by atoms with Crippen LogP contribution in [0.25, 0.3) is 0 Å². The molecule has 1 N–H and O–H groups in total. The van der Waals surface area contributed by atoms with Crippen molar-refractivity contribution in [1.82, 2.24) is 0 Å². The number of amides is 1. The van der Waals surface area contributed by atoms with Crippen molar-refractivity contribution in [2.45, 2.75) is 0 Å². The zero-order chi connectivity index (χ0) is 10.7. The number of rotatable bonds is 2. The molecule has 2 rings (SSSR count). The van der Waals surface area contributed by atoms with E-state index in [2.05, 4.69) is 5.32 Å². The summed E-state index contributed by atoms with van der Waals surface area (Å²) in [6, 6.07) is 7.94. The van der Waals surface area contributed by atoms with Gasteiger partial charge in [0, 0.05) is 13.1 Å². The van der Waals surface area contributed by atoms with E-state index < -0.39 is 0 Å². The molecule has 16 heavy (non-hydrogen) atoms. The molecule has 1 heterocycles. The number of hydrogen-bond acceptors (Lipinski definition) is 3. The highest BCUT2D eigenvalue weighted by molar-refractivity contribution is 7.99. The number of carbonyl (C=O) groups is 1. The van der Waals surface area contributed by atoms with Gasteiger partial charge in [0.15, 0.2) is 0 Å². The zero-order valence-electron chi connectivity index (χ0n) is 9.10. The molecule has 5 heteroatoms. The second kappa shape index (κ2) is 6.01. The van der Waals surface area contributed by atoms with E-state index in [4.69, 9.17) is 0 Å². The third-order valence-electron chi connectivity index (χ3n) is 2.41. The molecular weight excluding hydrogens is 244 g/mol. The molecule has 0 radical (unpaired) electrons. The van der Waals surface area contributed by atoms with Crippen LogP contribution >= 0.6 is 24.2 Å². The van der Waals surface area contributed by atoms with Crippen molar-refractivity contribution in [3.8, 4) is 0 Å². The minimum atomic E-state index is 0. The number of fused-ring (bicyclic) bond motifs is 1. The van der Waals surface area contributed by atoms with Gasteiger partial charge in [0.2, 0.25) is 5.91 Å². The molecule has 1 aromatic carbocycles.